The molecule has 38 heavy (non-hydrogen) atoms. The Balaban J connectivity index is 1.63. The monoisotopic (exact) mass is 543 g/mol. The van der Waals surface area contributed by atoms with Gasteiger partial charge < -0.3 is 4.74 Å². The van der Waals surface area contributed by atoms with E-state index in [9.17, 15) is 14.4 Å². The fourth-order valence-corrected chi connectivity index (χ4v) is 4.98. The molecule has 3 heterocycles. The van der Waals surface area contributed by atoms with E-state index in [1.165, 1.54) is 11.5 Å². The molecule has 0 aliphatic rings. The molecule has 0 N–H and O–H groups in total. The van der Waals surface area contributed by atoms with Crippen LogP contribution in [-0.4, -0.2) is 34.1 Å². The fourth-order valence-electron chi connectivity index (χ4n) is 4.32. The van der Waals surface area contributed by atoms with Crippen LogP contribution in [0.4, 0.5) is 0 Å². The van der Waals surface area contributed by atoms with E-state index in [4.69, 9.17) is 27.9 Å². The van der Waals surface area contributed by atoms with Crippen LogP contribution in [0.2, 0.25) is 10.0 Å². The minimum atomic E-state index is -0.427. The average Bonchev–Trinajstić information content (AvgIpc) is 2.93. The van der Waals surface area contributed by atoms with Gasteiger partial charge in [0.1, 0.15) is 11.2 Å². The van der Waals surface area contributed by atoms with Crippen molar-refractivity contribution in [3.05, 3.63) is 104 Å². The zero-order valence-electron chi connectivity index (χ0n) is 20.2. The first-order valence-electron chi connectivity index (χ1n) is 11.4. The number of pyridine rings is 2. The van der Waals surface area contributed by atoms with Gasteiger partial charge in [-0.05, 0) is 36.8 Å². The van der Waals surface area contributed by atoms with Gasteiger partial charge in [-0.3, -0.25) is 18.8 Å². The van der Waals surface area contributed by atoms with Gasteiger partial charge in [0.15, 0.2) is 12.6 Å². The topological polar surface area (TPSA) is 90.6 Å². The number of fused-ring (bicyclic) bond motifs is 1. The first-order chi connectivity index (χ1) is 18.4. The summed E-state index contributed by atoms with van der Waals surface area (Å²) in [5.41, 5.74) is 4.74. The van der Waals surface area contributed by atoms with E-state index < -0.39 is 5.56 Å². The van der Waals surface area contributed by atoms with Crippen molar-refractivity contribution < 1.29 is 14.3 Å². The maximum atomic E-state index is 12.6. The number of methoxy groups -OCH3 is 1. The Labute approximate surface area is 227 Å². The van der Waals surface area contributed by atoms with Gasteiger partial charge in [-0.1, -0.05) is 59.6 Å². The summed E-state index contributed by atoms with van der Waals surface area (Å²) in [6, 6.07) is 18.0. The summed E-state index contributed by atoms with van der Waals surface area (Å²) in [6.45, 7) is 1.62. The fraction of sp³-hybridized carbons (Fsp3) is 0.0690. The van der Waals surface area contributed by atoms with Crippen LogP contribution < -0.4 is 10.3 Å². The van der Waals surface area contributed by atoms with Crippen LogP contribution in [-0.2, 0) is 0 Å². The first-order valence-corrected chi connectivity index (χ1v) is 12.2. The highest BCUT2D eigenvalue weighted by molar-refractivity contribution is 6.39. The van der Waals surface area contributed by atoms with E-state index in [2.05, 4.69) is 9.97 Å². The van der Waals surface area contributed by atoms with Crippen LogP contribution in [0.25, 0.3) is 39.2 Å². The van der Waals surface area contributed by atoms with Crippen LogP contribution in [0.15, 0.2) is 71.7 Å². The molecule has 0 saturated heterocycles. The third kappa shape index (κ3) is 4.26. The maximum Gasteiger partial charge on any atom is 0.268 e. The summed E-state index contributed by atoms with van der Waals surface area (Å²) in [5, 5.41) is 0.894. The number of aryl methyl sites for hydroxylation is 1. The largest absolute Gasteiger partial charge is 0.480 e. The van der Waals surface area contributed by atoms with E-state index in [1.54, 1.807) is 37.4 Å². The second kappa shape index (κ2) is 10.2. The number of carbonyl (C=O) groups excluding carboxylic acids is 2. The molecule has 0 radical (unpaired) electrons. The molecule has 5 rings (SSSR count). The van der Waals surface area contributed by atoms with Crippen LogP contribution >= 0.6 is 23.2 Å². The molecule has 0 amide bonds. The van der Waals surface area contributed by atoms with Gasteiger partial charge in [-0.2, -0.15) is 0 Å². The van der Waals surface area contributed by atoms with Crippen molar-refractivity contribution in [3.63, 3.8) is 0 Å². The third-order valence-electron chi connectivity index (χ3n) is 6.26. The van der Waals surface area contributed by atoms with Crippen LogP contribution in [0.5, 0.6) is 5.88 Å². The SMILES string of the molecule is COc1nc(-c2cccc(-c3cccc(-c4ccn5c(=O)c(C=O)c(C)nc5c4)c3Cl)c2Cl)ccc1C=O. The molecule has 0 unspecified atom stereocenters. The molecule has 0 saturated carbocycles. The molecular formula is C29H19Cl2N3O4. The first kappa shape index (κ1) is 25.3. The van der Waals surface area contributed by atoms with Gasteiger partial charge in [0.2, 0.25) is 5.88 Å². The molecule has 3 aromatic heterocycles. The number of nitrogens with zero attached hydrogens (tertiary/aromatic N) is 3. The smallest absolute Gasteiger partial charge is 0.268 e. The van der Waals surface area contributed by atoms with E-state index in [1.807, 2.05) is 36.4 Å². The average molecular weight is 544 g/mol. The number of aromatic nitrogens is 3. The Bertz CT molecular complexity index is 1810. The summed E-state index contributed by atoms with van der Waals surface area (Å²) < 4.78 is 6.57. The number of rotatable bonds is 6. The van der Waals surface area contributed by atoms with Crippen LogP contribution in [0.3, 0.4) is 0 Å². The Morgan fingerprint density at radius 2 is 1.50 bits per heavy atom. The van der Waals surface area contributed by atoms with E-state index in [0.29, 0.717) is 61.9 Å². The molecule has 0 atom stereocenters. The number of hydrogen-bond donors (Lipinski definition) is 0. The van der Waals surface area contributed by atoms with E-state index >= 15 is 0 Å². The third-order valence-corrected chi connectivity index (χ3v) is 7.07. The van der Waals surface area contributed by atoms with Crippen molar-refractivity contribution in [2.24, 2.45) is 0 Å². The molecule has 0 spiro atoms. The molecule has 7 nitrogen and oxygen atoms in total. The Morgan fingerprint density at radius 1 is 0.842 bits per heavy atom. The van der Waals surface area contributed by atoms with E-state index in [-0.39, 0.29) is 11.4 Å². The minimum absolute atomic E-state index is 0.0257. The predicted molar refractivity (Wildman–Crippen MR) is 148 cm³/mol. The van der Waals surface area contributed by atoms with Crippen molar-refractivity contribution in [1.29, 1.82) is 0 Å². The molecule has 0 aliphatic heterocycles. The lowest BCUT2D eigenvalue weighted by Crippen LogP contribution is -2.21. The number of carbonyl (C=O) groups is 2. The summed E-state index contributed by atoms with van der Waals surface area (Å²) in [5.74, 6) is 0.207. The van der Waals surface area contributed by atoms with Gasteiger partial charge in [-0.25, -0.2) is 9.97 Å². The quantitative estimate of drug-likeness (QED) is 0.232. The summed E-state index contributed by atoms with van der Waals surface area (Å²) in [6.07, 6.45) is 2.77. The molecule has 9 heteroatoms. The summed E-state index contributed by atoms with van der Waals surface area (Å²) >= 11 is 13.8. The number of ether oxygens (including phenoxy) is 1. The Morgan fingerprint density at radius 3 is 2.16 bits per heavy atom. The van der Waals surface area contributed by atoms with Gasteiger partial charge >= 0.3 is 0 Å². The lowest BCUT2D eigenvalue weighted by molar-refractivity contribution is 0.111. The molecular weight excluding hydrogens is 525 g/mol. The van der Waals surface area contributed by atoms with Crippen molar-refractivity contribution in [2.75, 3.05) is 7.11 Å². The number of hydrogen-bond acceptors (Lipinski definition) is 6. The van der Waals surface area contributed by atoms with Gasteiger partial charge in [-0.15, -0.1) is 0 Å². The second-order valence-electron chi connectivity index (χ2n) is 8.42. The lowest BCUT2D eigenvalue weighted by Gasteiger charge is -2.15. The minimum Gasteiger partial charge on any atom is -0.480 e. The number of aldehydes is 2. The highest BCUT2D eigenvalue weighted by atomic mass is 35.5. The lowest BCUT2D eigenvalue weighted by atomic mass is 9.97. The number of benzene rings is 2. The Kier molecular flexibility index (Phi) is 6.80. The van der Waals surface area contributed by atoms with Crippen molar-refractivity contribution in [3.8, 4) is 39.4 Å². The van der Waals surface area contributed by atoms with Crippen molar-refractivity contribution in [1.82, 2.24) is 14.4 Å². The highest BCUT2D eigenvalue weighted by Crippen LogP contribution is 2.42. The molecule has 5 aromatic rings. The molecule has 0 bridgehead atoms. The molecule has 0 fully saturated rings. The number of halogens is 2. The summed E-state index contributed by atoms with van der Waals surface area (Å²) in [4.78, 5) is 44.0. The maximum absolute atomic E-state index is 12.6. The molecule has 188 valence electrons. The van der Waals surface area contributed by atoms with Gasteiger partial charge in [0.05, 0.1) is 34.1 Å². The summed E-state index contributed by atoms with van der Waals surface area (Å²) in [7, 11) is 1.45. The second-order valence-corrected chi connectivity index (χ2v) is 9.18. The molecule has 0 aliphatic carbocycles. The predicted octanol–water partition coefficient (Wildman–Crippen LogP) is 6.34. The standard InChI is InChI=1S/C29H19Cl2N3O4/c1-16-23(15-36)29(37)34-12-11-17(13-25(34)32-16)19-5-3-6-20(26(19)30)21-7-4-8-22(27(21)31)24-10-9-18(14-35)28(33-24)38-2/h3-15H,1-2H3. The highest BCUT2D eigenvalue weighted by Gasteiger charge is 2.18. The van der Waals surface area contributed by atoms with E-state index in [0.717, 1.165) is 11.1 Å². The zero-order valence-corrected chi connectivity index (χ0v) is 21.7. The van der Waals surface area contributed by atoms with Crippen molar-refractivity contribution in [2.45, 2.75) is 6.92 Å². The zero-order chi connectivity index (χ0) is 27.0. The molecule has 2 aromatic carbocycles. The van der Waals surface area contributed by atoms with Gasteiger partial charge in [0, 0.05) is 28.5 Å². The van der Waals surface area contributed by atoms with Gasteiger partial charge in [0.25, 0.3) is 5.56 Å². The van der Waals surface area contributed by atoms with Crippen LogP contribution in [0, 0.1) is 6.92 Å². The normalized spacial score (nSPS) is 10.9. The Hall–Kier alpha value is -4.33. The van der Waals surface area contributed by atoms with Crippen LogP contribution in [0.1, 0.15) is 26.4 Å². The van der Waals surface area contributed by atoms with Crippen molar-refractivity contribution >= 4 is 41.4 Å².